The second kappa shape index (κ2) is 4.53. The van der Waals surface area contributed by atoms with Crippen LogP contribution >= 0.6 is 15.9 Å². The fourth-order valence-corrected chi connectivity index (χ4v) is 1.86. The van der Waals surface area contributed by atoms with Gasteiger partial charge in [-0.2, -0.15) is 0 Å². The van der Waals surface area contributed by atoms with Gasteiger partial charge in [-0.3, -0.25) is 0 Å². The minimum atomic E-state index is -0.678. The second-order valence-corrected chi connectivity index (χ2v) is 4.60. The number of hydrogen-bond acceptors (Lipinski definition) is 0. The third-order valence-corrected chi connectivity index (χ3v) is 3.02. The third-order valence-electron chi connectivity index (χ3n) is 2.52. The van der Waals surface area contributed by atoms with E-state index in [0.29, 0.717) is 4.47 Å². The number of halogens is 4. The molecule has 2 rings (SSSR count). The molecule has 0 heterocycles. The summed E-state index contributed by atoms with van der Waals surface area (Å²) in [4.78, 5) is 0. The molecule has 0 N–H and O–H groups in total. The Morgan fingerprint density at radius 1 is 0.882 bits per heavy atom. The molecule has 2 aromatic carbocycles. The van der Waals surface area contributed by atoms with Gasteiger partial charge in [0.2, 0.25) is 0 Å². The molecule has 17 heavy (non-hydrogen) atoms. The molecule has 0 saturated carbocycles. The van der Waals surface area contributed by atoms with Crippen LogP contribution in [0.4, 0.5) is 13.2 Å². The summed E-state index contributed by atoms with van der Waals surface area (Å²) in [5, 5.41) is 0. The van der Waals surface area contributed by atoms with Gasteiger partial charge in [0.05, 0.1) is 0 Å². The fraction of sp³-hybridized carbons (Fsp3) is 0.0769. The van der Waals surface area contributed by atoms with E-state index in [4.69, 9.17) is 0 Å². The molecule has 0 radical (unpaired) electrons. The lowest BCUT2D eigenvalue weighted by Crippen LogP contribution is -1.92. The Labute approximate surface area is 105 Å². The van der Waals surface area contributed by atoms with Crippen molar-refractivity contribution in [1.82, 2.24) is 0 Å². The van der Waals surface area contributed by atoms with Crippen LogP contribution in [0.1, 0.15) is 5.56 Å². The number of hydrogen-bond donors (Lipinski definition) is 0. The summed E-state index contributed by atoms with van der Waals surface area (Å²) in [5.41, 5.74) is 0.299. The molecule has 0 nitrogen and oxygen atoms in total. The highest BCUT2D eigenvalue weighted by Gasteiger charge is 2.11. The van der Waals surface area contributed by atoms with Gasteiger partial charge in [-0.25, -0.2) is 13.2 Å². The van der Waals surface area contributed by atoms with Gasteiger partial charge in [0, 0.05) is 15.6 Å². The van der Waals surface area contributed by atoms with Gasteiger partial charge < -0.3 is 0 Å². The molecular formula is C13H8BrF3. The summed E-state index contributed by atoms with van der Waals surface area (Å²) in [6, 6.07) is 6.61. The van der Waals surface area contributed by atoms with E-state index in [1.165, 1.54) is 19.1 Å². The van der Waals surface area contributed by atoms with E-state index in [1.807, 2.05) is 0 Å². The zero-order chi connectivity index (χ0) is 12.6. The van der Waals surface area contributed by atoms with Gasteiger partial charge in [-0.05, 0) is 36.8 Å². The SMILES string of the molecule is Cc1c(F)cc(-c2ccc(Br)cc2F)cc1F. The van der Waals surface area contributed by atoms with Crippen molar-refractivity contribution in [2.45, 2.75) is 6.92 Å². The normalized spacial score (nSPS) is 10.6. The van der Waals surface area contributed by atoms with E-state index in [-0.39, 0.29) is 16.7 Å². The first-order valence-electron chi connectivity index (χ1n) is 4.90. The van der Waals surface area contributed by atoms with Gasteiger partial charge in [-0.1, -0.05) is 22.0 Å². The molecule has 0 atom stereocenters. The average Bonchev–Trinajstić information content (AvgIpc) is 2.25. The van der Waals surface area contributed by atoms with Crippen molar-refractivity contribution in [2.75, 3.05) is 0 Å². The highest BCUT2D eigenvalue weighted by Crippen LogP contribution is 2.28. The van der Waals surface area contributed by atoms with E-state index in [2.05, 4.69) is 15.9 Å². The quantitative estimate of drug-likeness (QED) is 0.707. The molecule has 0 bridgehead atoms. The summed E-state index contributed by atoms with van der Waals surface area (Å²) in [6.07, 6.45) is 0. The molecule has 0 fully saturated rings. The predicted octanol–water partition coefficient (Wildman–Crippen LogP) is 4.84. The molecule has 2 aromatic rings. The second-order valence-electron chi connectivity index (χ2n) is 3.69. The maximum absolute atomic E-state index is 13.6. The first-order chi connectivity index (χ1) is 7.99. The average molecular weight is 301 g/mol. The Hall–Kier alpha value is -1.29. The lowest BCUT2D eigenvalue weighted by molar-refractivity contribution is 0.568. The molecule has 4 heteroatoms. The van der Waals surface area contributed by atoms with E-state index in [9.17, 15) is 13.2 Å². The van der Waals surface area contributed by atoms with Crippen molar-refractivity contribution < 1.29 is 13.2 Å². The van der Waals surface area contributed by atoms with Gasteiger partial charge >= 0.3 is 0 Å². The zero-order valence-corrected chi connectivity index (χ0v) is 10.5. The van der Waals surface area contributed by atoms with E-state index in [0.717, 1.165) is 12.1 Å². The first kappa shape index (κ1) is 12.2. The minimum Gasteiger partial charge on any atom is -0.207 e. The predicted molar refractivity (Wildman–Crippen MR) is 64.2 cm³/mol. The van der Waals surface area contributed by atoms with Gasteiger partial charge in [0.15, 0.2) is 0 Å². The molecule has 0 aliphatic carbocycles. The van der Waals surface area contributed by atoms with Crippen molar-refractivity contribution in [3.05, 3.63) is 57.8 Å². The topological polar surface area (TPSA) is 0 Å². The highest BCUT2D eigenvalue weighted by atomic mass is 79.9. The summed E-state index contributed by atoms with van der Waals surface area (Å²) in [5.74, 6) is -1.88. The highest BCUT2D eigenvalue weighted by molar-refractivity contribution is 9.10. The summed E-state index contributed by atoms with van der Waals surface area (Å²) in [6.45, 7) is 1.34. The molecule has 0 aliphatic heterocycles. The van der Waals surface area contributed by atoms with Crippen molar-refractivity contribution in [1.29, 1.82) is 0 Å². The standard InChI is InChI=1S/C13H8BrF3/c1-7-11(15)4-8(5-12(7)16)10-3-2-9(14)6-13(10)17/h2-6H,1H3. The van der Waals surface area contributed by atoms with E-state index in [1.54, 1.807) is 6.07 Å². The third kappa shape index (κ3) is 2.36. The Balaban J connectivity index is 2.61. The van der Waals surface area contributed by atoms with Gasteiger partial charge in [0.25, 0.3) is 0 Å². The van der Waals surface area contributed by atoms with Gasteiger partial charge in [-0.15, -0.1) is 0 Å². The zero-order valence-electron chi connectivity index (χ0n) is 8.90. The maximum atomic E-state index is 13.6. The summed E-state index contributed by atoms with van der Waals surface area (Å²) >= 11 is 3.12. The minimum absolute atomic E-state index is 0.0636. The molecule has 0 unspecified atom stereocenters. The van der Waals surface area contributed by atoms with Gasteiger partial charge in [0.1, 0.15) is 17.5 Å². The van der Waals surface area contributed by atoms with Crippen LogP contribution in [-0.4, -0.2) is 0 Å². The van der Waals surface area contributed by atoms with Crippen molar-refractivity contribution >= 4 is 15.9 Å². The monoisotopic (exact) mass is 300 g/mol. The van der Waals surface area contributed by atoms with Crippen LogP contribution < -0.4 is 0 Å². The largest absolute Gasteiger partial charge is 0.207 e. The van der Waals surface area contributed by atoms with Crippen LogP contribution in [0.15, 0.2) is 34.8 Å². The smallest absolute Gasteiger partial charge is 0.132 e. The van der Waals surface area contributed by atoms with Crippen LogP contribution in [0.5, 0.6) is 0 Å². The number of rotatable bonds is 1. The summed E-state index contributed by atoms with van der Waals surface area (Å²) in [7, 11) is 0. The lowest BCUT2D eigenvalue weighted by atomic mass is 10.0. The molecule has 0 saturated heterocycles. The fourth-order valence-electron chi connectivity index (χ4n) is 1.52. The van der Waals surface area contributed by atoms with Crippen molar-refractivity contribution in [3.8, 4) is 11.1 Å². The lowest BCUT2D eigenvalue weighted by Gasteiger charge is -2.06. The Morgan fingerprint density at radius 3 is 2.00 bits per heavy atom. The van der Waals surface area contributed by atoms with Crippen molar-refractivity contribution in [3.63, 3.8) is 0 Å². The molecule has 0 aliphatic rings. The van der Waals surface area contributed by atoms with E-state index < -0.39 is 17.5 Å². The van der Waals surface area contributed by atoms with Crippen LogP contribution in [0.3, 0.4) is 0 Å². The Morgan fingerprint density at radius 2 is 1.47 bits per heavy atom. The van der Waals surface area contributed by atoms with E-state index >= 15 is 0 Å². The Bertz CT molecular complexity index is 556. The number of benzene rings is 2. The molecule has 0 spiro atoms. The first-order valence-corrected chi connectivity index (χ1v) is 5.69. The molecule has 0 amide bonds. The van der Waals surface area contributed by atoms with Crippen LogP contribution in [0.2, 0.25) is 0 Å². The van der Waals surface area contributed by atoms with Crippen LogP contribution in [0.25, 0.3) is 11.1 Å². The molecular weight excluding hydrogens is 293 g/mol. The van der Waals surface area contributed by atoms with Crippen LogP contribution in [0, 0.1) is 24.4 Å². The van der Waals surface area contributed by atoms with Crippen LogP contribution in [-0.2, 0) is 0 Å². The Kier molecular flexibility index (Phi) is 3.24. The maximum Gasteiger partial charge on any atom is 0.132 e. The van der Waals surface area contributed by atoms with Crippen molar-refractivity contribution in [2.24, 2.45) is 0 Å². The molecule has 88 valence electrons. The molecule has 0 aromatic heterocycles. The summed E-state index contributed by atoms with van der Waals surface area (Å²) < 4.78 is 40.9.